The maximum absolute atomic E-state index is 5.34. The Kier molecular flexibility index (Phi) is 6.21. The van der Waals surface area contributed by atoms with E-state index in [9.17, 15) is 0 Å². The highest BCUT2D eigenvalue weighted by molar-refractivity contribution is 9.10. The zero-order chi connectivity index (χ0) is 15.2. The van der Waals surface area contributed by atoms with Crippen LogP contribution in [0.5, 0.6) is 5.75 Å². The molecule has 1 heterocycles. The molecule has 1 unspecified atom stereocenters. The van der Waals surface area contributed by atoms with Gasteiger partial charge in [-0.3, -0.25) is 4.98 Å². The third kappa shape index (κ3) is 4.53. The first-order valence-corrected chi connectivity index (χ1v) is 8.39. The molecule has 0 amide bonds. The van der Waals surface area contributed by atoms with E-state index in [1.54, 1.807) is 13.3 Å². The Morgan fingerprint density at radius 2 is 2.05 bits per heavy atom. The normalized spacial score (nSPS) is 12.2. The van der Waals surface area contributed by atoms with Gasteiger partial charge in [0.15, 0.2) is 0 Å². The van der Waals surface area contributed by atoms with Gasteiger partial charge in [-0.15, -0.1) is 0 Å². The average Bonchev–Trinajstić information content (AvgIpc) is 2.47. The summed E-state index contributed by atoms with van der Waals surface area (Å²) in [7, 11) is 1.69. The van der Waals surface area contributed by atoms with Crippen LogP contribution in [0.1, 0.15) is 24.1 Å². The molecule has 2 aromatic rings. The molecule has 1 atom stereocenters. The van der Waals surface area contributed by atoms with Crippen LogP contribution in [-0.4, -0.2) is 18.6 Å². The maximum atomic E-state index is 5.34. The van der Waals surface area contributed by atoms with Crippen molar-refractivity contribution in [2.75, 3.05) is 13.7 Å². The fourth-order valence-corrected chi connectivity index (χ4v) is 3.19. The maximum Gasteiger partial charge on any atom is 0.119 e. The summed E-state index contributed by atoms with van der Waals surface area (Å²) in [6.45, 7) is 3.01. The van der Waals surface area contributed by atoms with E-state index in [1.807, 2.05) is 18.3 Å². The lowest BCUT2D eigenvalue weighted by atomic mass is 9.99. The summed E-state index contributed by atoms with van der Waals surface area (Å²) in [5.74, 6) is 0.864. The summed E-state index contributed by atoms with van der Waals surface area (Å²) in [6.07, 6.45) is 4.57. The lowest BCUT2D eigenvalue weighted by Gasteiger charge is -2.20. The summed E-state index contributed by atoms with van der Waals surface area (Å²) >= 11 is 7.11. The highest BCUT2D eigenvalue weighted by Gasteiger charge is 2.15. The summed E-state index contributed by atoms with van der Waals surface area (Å²) < 4.78 is 7.42. The second-order valence-electron chi connectivity index (χ2n) is 4.71. The Hall–Kier alpha value is -0.910. The number of nitrogens with one attached hydrogen (secondary N) is 1. The van der Waals surface area contributed by atoms with Crippen LogP contribution >= 0.6 is 31.9 Å². The molecule has 0 aliphatic rings. The van der Waals surface area contributed by atoms with Gasteiger partial charge >= 0.3 is 0 Å². The zero-order valence-electron chi connectivity index (χ0n) is 12.1. The number of likely N-dealkylation sites (N-methyl/N-ethyl adjacent to an activating group) is 1. The van der Waals surface area contributed by atoms with E-state index in [1.165, 1.54) is 11.1 Å². The quantitative estimate of drug-likeness (QED) is 0.756. The van der Waals surface area contributed by atoms with E-state index in [2.05, 4.69) is 61.2 Å². The van der Waals surface area contributed by atoms with Crippen LogP contribution in [-0.2, 0) is 6.42 Å². The number of methoxy groups -OCH3 is 1. The molecule has 21 heavy (non-hydrogen) atoms. The fraction of sp³-hybridized carbons (Fsp3) is 0.312. The highest BCUT2D eigenvalue weighted by atomic mass is 79.9. The molecule has 1 aromatic heterocycles. The smallest absolute Gasteiger partial charge is 0.119 e. The zero-order valence-corrected chi connectivity index (χ0v) is 15.2. The van der Waals surface area contributed by atoms with Gasteiger partial charge in [-0.2, -0.15) is 0 Å². The Labute approximate surface area is 142 Å². The largest absolute Gasteiger partial charge is 0.497 e. The standard InChI is InChI=1S/C16H18Br2N2O/c1-3-20-16(7-11-6-12(17)10-19-9-11)14-8-13(21-2)4-5-15(14)18/h4-6,8-10,16,20H,3,7H2,1-2H3. The van der Waals surface area contributed by atoms with Crippen LogP contribution in [0.25, 0.3) is 0 Å². The van der Waals surface area contributed by atoms with Crippen LogP contribution in [0.2, 0.25) is 0 Å². The van der Waals surface area contributed by atoms with Crippen molar-refractivity contribution in [2.45, 2.75) is 19.4 Å². The molecule has 0 aliphatic heterocycles. The monoisotopic (exact) mass is 412 g/mol. The molecule has 0 bridgehead atoms. The van der Waals surface area contributed by atoms with E-state index in [-0.39, 0.29) is 6.04 Å². The summed E-state index contributed by atoms with van der Waals surface area (Å²) in [5.41, 5.74) is 2.38. The van der Waals surface area contributed by atoms with Crippen molar-refractivity contribution < 1.29 is 4.74 Å². The highest BCUT2D eigenvalue weighted by Crippen LogP contribution is 2.30. The predicted molar refractivity (Wildman–Crippen MR) is 92.8 cm³/mol. The first-order valence-electron chi connectivity index (χ1n) is 6.80. The van der Waals surface area contributed by atoms with Crippen molar-refractivity contribution in [3.63, 3.8) is 0 Å². The van der Waals surface area contributed by atoms with Crippen LogP contribution in [0.3, 0.4) is 0 Å². The number of nitrogens with zero attached hydrogens (tertiary/aromatic N) is 1. The summed E-state index contributed by atoms with van der Waals surface area (Å²) in [5, 5.41) is 3.53. The van der Waals surface area contributed by atoms with Crippen molar-refractivity contribution in [1.82, 2.24) is 10.3 Å². The van der Waals surface area contributed by atoms with E-state index in [4.69, 9.17) is 4.74 Å². The Balaban J connectivity index is 2.30. The van der Waals surface area contributed by atoms with Gasteiger partial charge in [-0.25, -0.2) is 0 Å². The summed E-state index contributed by atoms with van der Waals surface area (Å²) in [4.78, 5) is 4.24. The predicted octanol–water partition coefficient (Wildman–Crippen LogP) is 4.51. The number of rotatable bonds is 6. The van der Waals surface area contributed by atoms with Gasteiger partial charge in [-0.05, 0) is 64.3 Å². The molecule has 0 fully saturated rings. The first kappa shape index (κ1) is 16.5. The molecule has 3 nitrogen and oxygen atoms in total. The van der Waals surface area contributed by atoms with Crippen molar-refractivity contribution in [2.24, 2.45) is 0 Å². The summed E-state index contributed by atoms with van der Waals surface area (Å²) in [6, 6.07) is 8.36. The number of halogens is 2. The minimum Gasteiger partial charge on any atom is -0.497 e. The van der Waals surface area contributed by atoms with Crippen LogP contribution in [0.15, 0.2) is 45.6 Å². The topological polar surface area (TPSA) is 34.2 Å². The minimum atomic E-state index is 0.204. The molecule has 1 aromatic carbocycles. The molecule has 0 saturated carbocycles. The number of benzene rings is 1. The molecule has 0 radical (unpaired) electrons. The Morgan fingerprint density at radius 1 is 1.24 bits per heavy atom. The third-order valence-electron chi connectivity index (χ3n) is 3.23. The lowest BCUT2D eigenvalue weighted by Crippen LogP contribution is -2.23. The molecule has 112 valence electrons. The van der Waals surface area contributed by atoms with Crippen LogP contribution in [0.4, 0.5) is 0 Å². The second kappa shape index (κ2) is 7.92. The Bertz CT molecular complexity index is 605. The van der Waals surface area contributed by atoms with Gasteiger partial charge in [0.2, 0.25) is 0 Å². The van der Waals surface area contributed by atoms with Gasteiger partial charge in [-0.1, -0.05) is 22.9 Å². The van der Waals surface area contributed by atoms with Crippen LogP contribution in [0, 0.1) is 0 Å². The number of ether oxygens (including phenoxy) is 1. The first-order chi connectivity index (χ1) is 10.1. The second-order valence-corrected chi connectivity index (χ2v) is 6.48. The van der Waals surface area contributed by atoms with Crippen molar-refractivity contribution in [1.29, 1.82) is 0 Å². The van der Waals surface area contributed by atoms with Crippen molar-refractivity contribution >= 4 is 31.9 Å². The SMILES string of the molecule is CCNC(Cc1cncc(Br)c1)c1cc(OC)ccc1Br. The third-order valence-corrected chi connectivity index (χ3v) is 4.39. The molecule has 1 N–H and O–H groups in total. The number of aromatic nitrogens is 1. The molecule has 0 aliphatic carbocycles. The van der Waals surface area contributed by atoms with Gasteiger partial charge in [0.05, 0.1) is 7.11 Å². The van der Waals surface area contributed by atoms with E-state index >= 15 is 0 Å². The fourth-order valence-electron chi connectivity index (χ4n) is 2.26. The van der Waals surface area contributed by atoms with Crippen molar-refractivity contribution in [3.05, 3.63) is 56.7 Å². The lowest BCUT2D eigenvalue weighted by molar-refractivity contribution is 0.412. The van der Waals surface area contributed by atoms with Crippen LogP contribution < -0.4 is 10.1 Å². The Morgan fingerprint density at radius 3 is 2.71 bits per heavy atom. The van der Waals surface area contributed by atoms with Gasteiger partial charge in [0.1, 0.15) is 5.75 Å². The molecule has 5 heteroatoms. The van der Waals surface area contributed by atoms with Gasteiger partial charge in [0, 0.05) is 27.4 Å². The number of hydrogen-bond donors (Lipinski definition) is 1. The molecule has 2 rings (SSSR count). The molecule has 0 spiro atoms. The van der Waals surface area contributed by atoms with Gasteiger partial charge in [0.25, 0.3) is 0 Å². The van der Waals surface area contributed by atoms with Gasteiger partial charge < -0.3 is 10.1 Å². The van der Waals surface area contributed by atoms with E-state index in [0.29, 0.717) is 0 Å². The number of hydrogen-bond acceptors (Lipinski definition) is 3. The minimum absolute atomic E-state index is 0.204. The molecule has 0 saturated heterocycles. The molecular weight excluding hydrogens is 396 g/mol. The average molecular weight is 414 g/mol. The van der Waals surface area contributed by atoms with E-state index in [0.717, 1.165) is 27.7 Å². The number of pyridine rings is 1. The van der Waals surface area contributed by atoms with Crippen molar-refractivity contribution in [3.8, 4) is 5.75 Å². The molecular formula is C16H18Br2N2O. The van der Waals surface area contributed by atoms with E-state index < -0.39 is 0 Å².